The van der Waals surface area contributed by atoms with E-state index in [1.54, 1.807) is 11.8 Å². The Labute approximate surface area is 193 Å². The Bertz CT molecular complexity index is 1210. The molecule has 1 aliphatic heterocycles. The van der Waals surface area contributed by atoms with Crippen LogP contribution in [0.15, 0.2) is 42.5 Å². The average molecular weight is 472 g/mol. The van der Waals surface area contributed by atoms with Gasteiger partial charge in [-0.2, -0.15) is 0 Å². The van der Waals surface area contributed by atoms with Gasteiger partial charge in [0, 0.05) is 19.0 Å². The van der Waals surface area contributed by atoms with E-state index in [0.717, 1.165) is 21.3 Å². The summed E-state index contributed by atoms with van der Waals surface area (Å²) < 4.78 is 27.0. The number of carbonyl (C=O) groups is 1. The zero-order chi connectivity index (χ0) is 22.9. The van der Waals surface area contributed by atoms with Gasteiger partial charge in [-0.15, -0.1) is 0 Å². The highest BCUT2D eigenvalue weighted by molar-refractivity contribution is 7.89. The van der Waals surface area contributed by atoms with Crippen molar-refractivity contribution in [1.82, 2.24) is 9.29 Å². The van der Waals surface area contributed by atoms with Gasteiger partial charge in [-0.05, 0) is 56.4 Å². The number of fused-ring (bicyclic) bond motifs is 1. The molecule has 1 saturated heterocycles. The summed E-state index contributed by atoms with van der Waals surface area (Å²) >= 11 is 1.54. The van der Waals surface area contributed by atoms with Crippen molar-refractivity contribution in [2.24, 2.45) is 5.92 Å². The predicted molar refractivity (Wildman–Crippen MR) is 130 cm³/mol. The van der Waals surface area contributed by atoms with E-state index in [1.165, 1.54) is 21.2 Å². The minimum Gasteiger partial charge on any atom is -0.283 e. The highest BCUT2D eigenvalue weighted by atomic mass is 32.2. The monoisotopic (exact) mass is 471 g/mol. The Morgan fingerprint density at radius 3 is 2.47 bits per heavy atom. The molecule has 2 heterocycles. The minimum absolute atomic E-state index is 0.0239. The molecule has 0 radical (unpaired) electrons. The molecular formula is C24H29N3O3S2. The van der Waals surface area contributed by atoms with Gasteiger partial charge in [0.15, 0.2) is 5.13 Å². The number of hydrogen-bond donors (Lipinski definition) is 0. The Morgan fingerprint density at radius 1 is 1.12 bits per heavy atom. The van der Waals surface area contributed by atoms with Crippen molar-refractivity contribution in [2.75, 3.05) is 23.7 Å². The van der Waals surface area contributed by atoms with Gasteiger partial charge < -0.3 is 0 Å². The van der Waals surface area contributed by atoms with E-state index in [0.29, 0.717) is 37.6 Å². The summed E-state index contributed by atoms with van der Waals surface area (Å²) in [5.41, 5.74) is 4.30. The molecule has 6 nitrogen and oxygen atoms in total. The molecule has 0 aliphatic carbocycles. The number of hydrogen-bond acceptors (Lipinski definition) is 5. The van der Waals surface area contributed by atoms with E-state index in [4.69, 9.17) is 4.98 Å². The number of aryl methyl sites for hydroxylation is 2. The van der Waals surface area contributed by atoms with Crippen molar-refractivity contribution in [2.45, 2.75) is 40.2 Å². The Hall–Kier alpha value is -2.29. The van der Waals surface area contributed by atoms with Gasteiger partial charge in [-0.1, -0.05) is 47.7 Å². The second kappa shape index (κ2) is 9.29. The fourth-order valence-electron chi connectivity index (χ4n) is 4.12. The number of rotatable bonds is 6. The number of thiazole rings is 1. The second-order valence-corrected chi connectivity index (χ2v) is 11.6. The quantitative estimate of drug-likeness (QED) is 0.530. The first-order chi connectivity index (χ1) is 15.3. The summed E-state index contributed by atoms with van der Waals surface area (Å²) in [6.07, 6.45) is 1.07. The fraction of sp³-hybridized carbons (Fsp3) is 0.417. The van der Waals surface area contributed by atoms with E-state index < -0.39 is 10.0 Å². The van der Waals surface area contributed by atoms with Gasteiger partial charge in [-0.25, -0.2) is 17.7 Å². The normalized spacial score (nSPS) is 15.8. The SMILES string of the molecule is CCS(=O)(=O)N1CCC(C(=O)N(Cc2ccccc2)c2nc3c(C)c(C)ccc3s2)CC1. The molecule has 0 bridgehead atoms. The van der Waals surface area contributed by atoms with Gasteiger partial charge in [0.2, 0.25) is 15.9 Å². The third kappa shape index (κ3) is 4.58. The van der Waals surface area contributed by atoms with Crippen LogP contribution in [0, 0.1) is 19.8 Å². The summed E-state index contributed by atoms with van der Waals surface area (Å²) in [6, 6.07) is 14.1. The first kappa shape index (κ1) is 22.9. The molecule has 4 rings (SSSR count). The molecule has 32 heavy (non-hydrogen) atoms. The molecular weight excluding hydrogens is 442 g/mol. The molecule has 1 aromatic heterocycles. The molecule has 0 atom stereocenters. The van der Waals surface area contributed by atoms with Gasteiger partial charge in [0.1, 0.15) is 0 Å². The summed E-state index contributed by atoms with van der Waals surface area (Å²) in [7, 11) is -3.22. The first-order valence-electron chi connectivity index (χ1n) is 11.0. The maximum absolute atomic E-state index is 13.7. The van der Waals surface area contributed by atoms with Gasteiger partial charge in [0.25, 0.3) is 0 Å². The third-order valence-corrected chi connectivity index (χ3v) is 9.24. The summed E-state index contributed by atoms with van der Waals surface area (Å²) in [5.74, 6) is -0.0939. The standard InChI is InChI=1S/C24H29N3O3S2/c1-4-32(29,30)26-14-12-20(13-15-26)23(28)27(16-19-8-6-5-7-9-19)24-25-22-18(3)17(2)10-11-21(22)31-24/h5-11,20H,4,12-16H2,1-3H3. The third-order valence-electron chi connectivity index (χ3n) is 6.32. The average Bonchev–Trinajstić information content (AvgIpc) is 3.25. The Kier molecular flexibility index (Phi) is 6.65. The van der Waals surface area contributed by atoms with Crippen LogP contribution >= 0.6 is 11.3 Å². The number of sulfonamides is 1. The van der Waals surface area contributed by atoms with E-state index in [-0.39, 0.29) is 17.6 Å². The van der Waals surface area contributed by atoms with Crippen LogP contribution in [0.4, 0.5) is 5.13 Å². The van der Waals surface area contributed by atoms with Crippen LogP contribution in [0.2, 0.25) is 0 Å². The van der Waals surface area contributed by atoms with Gasteiger partial charge in [0.05, 0.1) is 22.5 Å². The molecule has 8 heteroatoms. The first-order valence-corrected chi connectivity index (χ1v) is 13.4. The number of carbonyl (C=O) groups excluding carboxylic acids is 1. The zero-order valence-electron chi connectivity index (χ0n) is 18.7. The smallest absolute Gasteiger partial charge is 0.232 e. The largest absolute Gasteiger partial charge is 0.283 e. The summed E-state index contributed by atoms with van der Waals surface area (Å²) in [5, 5.41) is 0.700. The van der Waals surface area contributed by atoms with Crippen LogP contribution in [-0.2, 0) is 21.4 Å². The molecule has 0 N–H and O–H groups in total. The Balaban J connectivity index is 1.63. The summed E-state index contributed by atoms with van der Waals surface area (Å²) in [6.45, 7) is 7.02. The molecule has 3 aromatic rings. The lowest BCUT2D eigenvalue weighted by atomic mass is 9.96. The maximum atomic E-state index is 13.7. The van der Waals surface area contributed by atoms with Crippen molar-refractivity contribution < 1.29 is 13.2 Å². The van der Waals surface area contributed by atoms with E-state index in [2.05, 4.69) is 26.0 Å². The fourth-order valence-corrected chi connectivity index (χ4v) is 6.28. The van der Waals surface area contributed by atoms with Crippen LogP contribution in [0.25, 0.3) is 10.2 Å². The molecule has 1 amide bonds. The van der Waals surface area contributed by atoms with Crippen molar-refractivity contribution in [3.63, 3.8) is 0 Å². The number of anilines is 1. The predicted octanol–water partition coefficient (Wildman–Crippen LogP) is 4.51. The van der Waals surface area contributed by atoms with Crippen LogP contribution in [0.3, 0.4) is 0 Å². The number of amides is 1. The van der Waals surface area contributed by atoms with Crippen molar-refractivity contribution in [1.29, 1.82) is 0 Å². The number of benzene rings is 2. The van der Waals surface area contributed by atoms with Crippen molar-refractivity contribution >= 4 is 42.6 Å². The van der Waals surface area contributed by atoms with Crippen molar-refractivity contribution in [3.05, 3.63) is 59.2 Å². The van der Waals surface area contributed by atoms with Gasteiger partial charge >= 0.3 is 0 Å². The van der Waals surface area contributed by atoms with E-state index in [1.807, 2.05) is 30.3 Å². The molecule has 0 saturated carbocycles. The molecule has 2 aromatic carbocycles. The van der Waals surface area contributed by atoms with Crippen LogP contribution in [0.1, 0.15) is 36.5 Å². The maximum Gasteiger partial charge on any atom is 0.232 e. The Morgan fingerprint density at radius 2 is 1.81 bits per heavy atom. The van der Waals surface area contributed by atoms with E-state index in [9.17, 15) is 13.2 Å². The summed E-state index contributed by atoms with van der Waals surface area (Å²) in [4.78, 5) is 20.3. The van der Waals surface area contributed by atoms with Crippen LogP contribution < -0.4 is 4.90 Å². The lowest BCUT2D eigenvalue weighted by molar-refractivity contribution is -0.123. The highest BCUT2D eigenvalue weighted by Gasteiger charge is 2.34. The lowest BCUT2D eigenvalue weighted by Gasteiger charge is -2.32. The molecule has 1 aliphatic rings. The van der Waals surface area contributed by atoms with Gasteiger partial charge in [-0.3, -0.25) is 9.69 Å². The topological polar surface area (TPSA) is 70.6 Å². The number of nitrogens with zero attached hydrogens (tertiary/aromatic N) is 3. The lowest BCUT2D eigenvalue weighted by Crippen LogP contribution is -2.44. The molecule has 0 spiro atoms. The number of aromatic nitrogens is 1. The molecule has 170 valence electrons. The highest BCUT2D eigenvalue weighted by Crippen LogP contribution is 2.34. The van der Waals surface area contributed by atoms with Crippen LogP contribution in [0.5, 0.6) is 0 Å². The molecule has 0 unspecified atom stereocenters. The second-order valence-electron chi connectivity index (χ2n) is 8.33. The van der Waals surface area contributed by atoms with E-state index >= 15 is 0 Å². The molecule has 1 fully saturated rings. The van der Waals surface area contributed by atoms with Crippen LogP contribution in [-0.4, -0.2) is 42.5 Å². The van der Waals surface area contributed by atoms with Crippen molar-refractivity contribution in [3.8, 4) is 0 Å². The number of piperidine rings is 1. The zero-order valence-corrected chi connectivity index (χ0v) is 20.4. The minimum atomic E-state index is -3.22.